The number of nitrogens with zero attached hydrogens (tertiary/aromatic N) is 1. The minimum atomic E-state index is -0.00962. The van der Waals surface area contributed by atoms with Crippen molar-refractivity contribution < 1.29 is 9.90 Å². The summed E-state index contributed by atoms with van der Waals surface area (Å²) in [5, 5.41) is 11.7. The van der Waals surface area contributed by atoms with Crippen LogP contribution in [0.1, 0.15) is 24.8 Å². The number of carbonyl (C=O) groups excluding carboxylic acids is 1. The van der Waals surface area contributed by atoms with Gasteiger partial charge in [-0.15, -0.1) is 0 Å². The monoisotopic (exact) mass is 248 g/mol. The fourth-order valence-corrected chi connectivity index (χ4v) is 2.18. The van der Waals surface area contributed by atoms with E-state index in [0.29, 0.717) is 6.42 Å². The predicted octanol–water partition coefficient (Wildman–Crippen LogP) is 2.24. The number of rotatable bonds is 3. The summed E-state index contributed by atoms with van der Waals surface area (Å²) in [6.45, 7) is 1.86. The lowest BCUT2D eigenvalue weighted by atomic mass is 10.1. The zero-order valence-electron chi connectivity index (χ0n) is 10.6. The highest BCUT2D eigenvalue weighted by atomic mass is 16.3. The smallest absolute Gasteiger partial charge is 0.321 e. The second kappa shape index (κ2) is 6.40. The molecule has 18 heavy (non-hydrogen) atoms. The van der Waals surface area contributed by atoms with Gasteiger partial charge in [0.2, 0.25) is 0 Å². The predicted molar refractivity (Wildman–Crippen MR) is 71.7 cm³/mol. The van der Waals surface area contributed by atoms with Crippen LogP contribution >= 0.6 is 0 Å². The van der Waals surface area contributed by atoms with Crippen LogP contribution in [0.15, 0.2) is 24.3 Å². The van der Waals surface area contributed by atoms with Crippen molar-refractivity contribution >= 4 is 11.7 Å². The van der Waals surface area contributed by atoms with Gasteiger partial charge in [-0.3, -0.25) is 0 Å². The Hall–Kier alpha value is -1.55. The molecule has 0 saturated carbocycles. The number of hydrogen-bond acceptors (Lipinski definition) is 2. The van der Waals surface area contributed by atoms with E-state index in [1.165, 1.54) is 6.42 Å². The number of aliphatic hydroxyl groups is 1. The van der Waals surface area contributed by atoms with E-state index in [2.05, 4.69) is 5.32 Å². The van der Waals surface area contributed by atoms with Crippen LogP contribution in [-0.4, -0.2) is 35.7 Å². The highest BCUT2D eigenvalue weighted by Gasteiger charge is 2.15. The van der Waals surface area contributed by atoms with Crippen LogP contribution < -0.4 is 5.32 Å². The van der Waals surface area contributed by atoms with Crippen LogP contribution in [0.5, 0.6) is 0 Å². The summed E-state index contributed by atoms with van der Waals surface area (Å²) in [6.07, 6.45) is 4.08. The van der Waals surface area contributed by atoms with E-state index in [0.717, 1.165) is 37.2 Å². The first kappa shape index (κ1) is 12.9. The summed E-state index contributed by atoms with van der Waals surface area (Å²) in [5.41, 5.74) is 1.89. The van der Waals surface area contributed by atoms with Gasteiger partial charge in [0, 0.05) is 25.4 Å². The number of anilines is 1. The Morgan fingerprint density at radius 3 is 2.44 bits per heavy atom. The van der Waals surface area contributed by atoms with E-state index in [1.54, 1.807) is 0 Å². The number of hydrogen-bond donors (Lipinski definition) is 2. The first-order valence-corrected chi connectivity index (χ1v) is 6.55. The summed E-state index contributed by atoms with van der Waals surface area (Å²) in [6, 6.07) is 7.62. The lowest BCUT2D eigenvalue weighted by Gasteiger charge is -2.26. The van der Waals surface area contributed by atoms with Crippen molar-refractivity contribution in [2.24, 2.45) is 0 Å². The molecule has 0 bridgehead atoms. The summed E-state index contributed by atoms with van der Waals surface area (Å²) in [5.74, 6) is 0. The molecular formula is C14H20N2O2. The number of benzene rings is 1. The molecule has 0 spiro atoms. The third-order valence-electron chi connectivity index (χ3n) is 3.25. The highest BCUT2D eigenvalue weighted by molar-refractivity contribution is 5.89. The number of urea groups is 1. The SMILES string of the molecule is O=C(Nc1ccc(CCO)cc1)N1CCCCC1. The molecular weight excluding hydrogens is 228 g/mol. The van der Waals surface area contributed by atoms with Gasteiger partial charge in [-0.1, -0.05) is 12.1 Å². The van der Waals surface area contributed by atoms with Crippen LogP contribution in [0.4, 0.5) is 10.5 Å². The Balaban J connectivity index is 1.89. The molecule has 0 aliphatic carbocycles. The largest absolute Gasteiger partial charge is 0.396 e. The van der Waals surface area contributed by atoms with Crippen molar-refractivity contribution in [1.29, 1.82) is 0 Å². The number of carbonyl (C=O) groups is 1. The Morgan fingerprint density at radius 1 is 1.17 bits per heavy atom. The second-order valence-electron chi connectivity index (χ2n) is 4.65. The van der Waals surface area contributed by atoms with E-state index in [-0.39, 0.29) is 12.6 Å². The van der Waals surface area contributed by atoms with Gasteiger partial charge in [0.25, 0.3) is 0 Å². The Bertz CT molecular complexity index is 383. The van der Waals surface area contributed by atoms with E-state index in [9.17, 15) is 4.79 Å². The second-order valence-corrected chi connectivity index (χ2v) is 4.65. The maximum atomic E-state index is 12.0. The average molecular weight is 248 g/mol. The van der Waals surface area contributed by atoms with Crippen LogP contribution in [-0.2, 0) is 6.42 Å². The van der Waals surface area contributed by atoms with Crippen molar-refractivity contribution in [2.75, 3.05) is 25.0 Å². The molecule has 0 unspecified atom stereocenters. The molecule has 0 atom stereocenters. The number of nitrogens with one attached hydrogen (secondary N) is 1. The maximum absolute atomic E-state index is 12.0. The summed E-state index contributed by atoms with van der Waals surface area (Å²) >= 11 is 0. The quantitative estimate of drug-likeness (QED) is 0.862. The van der Waals surface area contributed by atoms with Gasteiger partial charge in [-0.05, 0) is 43.4 Å². The van der Waals surface area contributed by atoms with E-state index in [4.69, 9.17) is 5.11 Å². The molecule has 0 radical (unpaired) electrons. The van der Waals surface area contributed by atoms with Crippen molar-refractivity contribution in [3.05, 3.63) is 29.8 Å². The third kappa shape index (κ3) is 3.47. The Kier molecular flexibility index (Phi) is 4.59. The number of aliphatic hydroxyl groups excluding tert-OH is 1. The van der Waals surface area contributed by atoms with Gasteiger partial charge in [-0.25, -0.2) is 4.79 Å². The van der Waals surface area contributed by atoms with E-state index < -0.39 is 0 Å². The fourth-order valence-electron chi connectivity index (χ4n) is 2.18. The van der Waals surface area contributed by atoms with E-state index >= 15 is 0 Å². The molecule has 1 aliphatic heterocycles. The maximum Gasteiger partial charge on any atom is 0.321 e. The highest BCUT2D eigenvalue weighted by Crippen LogP contribution is 2.13. The van der Waals surface area contributed by atoms with Crippen LogP contribution in [0.3, 0.4) is 0 Å². The summed E-state index contributed by atoms with van der Waals surface area (Å²) in [7, 11) is 0. The topological polar surface area (TPSA) is 52.6 Å². The zero-order valence-corrected chi connectivity index (χ0v) is 10.6. The normalized spacial score (nSPS) is 15.5. The van der Waals surface area contributed by atoms with Gasteiger partial charge in [0.15, 0.2) is 0 Å². The van der Waals surface area contributed by atoms with Crippen LogP contribution in [0.2, 0.25) is 0 Å². The van der Waals surface area contributed by atoms with Gasteiger partial charge in [0.05, 0.1) is 0 Å². The number of likely N-dealkylation sites (tertiary alicyclic amines) is 1. The Morgan fingerprint density at radius 2 is 1.83 bits per heavy atom. The van der Waals surface area contributed by atoms with Gasteiger partial charge in [0.1, 0.15) is 0 Å². The molecule has 2 amide bonds. The molecule has 2 rings (SSSR count). The van der Waals surface area contributed by atoms with Gasteiger partial charge >= 0.3 is 6.03 Å². The molecule has 1 aromatic rings. The molecule has 0 aromatic heterocycles. The van der Waals surface area contributed by atoms with Crippen molar-refractivity contribution in [3.63, 3.8) is 0 Å². The molecule has 2 N–H and O–H groups in total. The fraction of sp³-hybridized carbons (Fsp3) is 0.500. The van der Waals surface area contributed by atoms with Gasteiger partial charge < -0.3 is 15.3 Å². The third-order valence-corrected chi connectivity index (χ3v) is 3.25. The lowest BCUT2D eigenvalue weighted by molar-refractivity contribution is 0.200. The molecule has 1 fully saturated rings. The molecule has 1 saturated heterocycles. The molecule has 4 nitrogen and oxygen atoms in total. The first-order chi connectivity index (χ1) is 8.79. The average Bonchev–Trinajstić information content (AvgIpc) is 2.42. The van der Waals surface area contributed by atoms with Gasteiger partial charge in [-0.2, -0.15) is 0 Å². The molecule has 4 heteroatoms. The van der Waals surface area contributed by atoms with E-state index in [1.807, 2.05) is 29.2 Å². The van der Waals surface area contributed by atoms with Crippen molar-refractivity contribution in [3.8, 4) is 0 Å². The minimum absolute atomic E-state index is 0.00962. The molecule has 1 aliphatic rings. The molecule has 1 aromatic carbocycles. The Labute approximate surface area is 108 Å². The number of amides is 2. The number of piperidine rings is 1. The van der Waals surface area contributed by atoms with Crippen LogP contribution in [0, 0.1) is 0 Å². The zero-order chi connectivity index (χ0) is 12.8. The van der Waals surface area contributed by atoms with Crippen molar-refractivity contribution in [1.82, 2.24) is 4.90 Å². The molecule has 98 valence electrons. The summed E-state index contributed by atoms with van der Waals surface area (Å²) in [4.78, 5) is 13.8. The molecule has 1 heterocycles. The van der Waals surface area contributed by atoms with Crippen molar-refractivity contribution in [2.45, 2.75) is 25.7 Å². The first-order valence-electron chi connectivity index (χ1n) is 6.55. The van der Waals surface area contributed by atoms with Crippen LogP contribution in [0.25, 0.3) is 0 Å². The standard InChI is InChI=1S/C14H20N2O2/c17-11-8-12-4-6-13(7-5-12)15-14(18)16-9-2-1-3-10-16/h4-7,17H,1-3,8-11H2,(H,15,18). The lowest BCUT2D eigenvalue weighted by Crippen LogP contribution is -2.38. The summed E-state index contributed by atoms with van der Waals surface area (Å²) < 4.78 is 0. The minimum Gasteiger partial charge on any atom is -0.396 e.